The van der Waals surface area contributed by atoms with Gasteiger partial charge in [-0.05, 0) is 56.6 Å². The number of hydrogen-bond donors (Lipinski definition) is 4. The smallest absolute Gasteiger partial charge is 0.259 e. The maximum Gasteiger partial charge on any atom is 0.259 e. The molecule has 4 N–H and O–H groups in total. The number of nitrogens with one attached hydrogen (secondary N) is 4. The van der Waals surface area contributed by atoms with Crippen LogP contribution < -0.4 is 20.7 Å². The molecule has 3 heterocycles. The molecule has 36 heavy (non-hydrogen) atoms. The zero-order valence-electron chi connectivity index (χ0n) is 19.3. The highest BCUT2D eigenvalue weighted by molar-refractivity contribution is 6.08. The standard InChI is InChI=1S/C25H23F3N6O2/c1-13-19(26)22(21(28)23(20(13)27)36-12-16-4-2-8-29-16)33-25(35)17-5-3-9-30-24(17)32-15-7-6-14-11-31-34-18(14)10-15/h3,5-7,9-11,16,29H,2,4,8,12H2,1H3,(H,30,32)(H,31,34)(H,33,35). The maximum atomic E-state index is 15.2. The van der Waals surface area contributed by atoms with E-state index < -0.39 is 40.4 Å². The number of carbonyl (C=O) groups excluding carboxylic acids is 1. The van der Waals surface area contributed by atoms with E-state index in [1.54, 1.807) is 18.3 Å². The fourth-order valence-corrected chi connectivity index (χ4v) is 4.10. The van der Waals surface area contributed by atoms with Crippen LogP contribution in [0, 0.1) is 24.4 Å². The van der Waals surface area contributed by atoms with Crippen molar-refractivity contribution >= 4 is 34.0 Å². The summed E-state index contributed by atoms with van der Waals surface area (Å²) in [5.41, 5.74) is 0.167. The van der Waals surface area contributed by atoms with Crippen LogP contribution in [0.5, 0.6) is 5.75 Å². The maximum absolute atomic E-state index is 15.2. The molecule has 0 bridgehead atoms. The lowest BCUT2D eigenvalue weighted by atomic mass is 10.1. The topological polar surface area (TPSA) is 104 Å². The van der Waals surface area contributed by atoms with Crippen molar-refractivity contribution in [2.75, 3.05) is 23.8 Å². The quantitative estimate of drug-likeness (QED) is 0.293. The summed E-state index contributed by atoms with van der Waals surface area (Å²) in [6, 6.07) is 8.30. The van der Waals surface area contributed by atoms with Crippen LogP contribution >= 0.6 is 0 Å². The fraction of sp³-hybridized carbons (Fsp3) is 0.240. The molecule has 4 aromatic rings. The molecule has 1 atom stereocenters. The van der Waals surface area contributed by atoms with Gasteiger partial charge in [0.25, 0.3) is 5.91 Å². The Morgan fingerprint density at radius 2 is 2.06 bits per heavy atom. The molecule has 0 spiro atoms. The first-order chi connectivity index (χ1) is 17.4. The van der Waals surface area contributed by atoms with Gasteiger partial charge in [0, 0.05) is 28.9 Å². The van der Waals surface area contributed by atoms with Gasteiger partial charge in [-0.3, -0.25) is 9.89 Å². The number of rotatable bonds is 7. The minimum atomic E-state index is -1.31. The van der Waals surface area contributed by atoms with Crippen molar-refractivity contribution in [3.63, 3.8) is 0 Å². The predicted octanol–water partition coefficient (Wildman–Crippen LogP) is 4.81. The largest absolute Gasteiger partial charge is 0.486 e. The van der Waals surface area contributed by atoms with Gasteiger partial charge in [0.2, 0.25) is 0 Å². The molecule has 5 rings (SSSR count). The third kappa shape index (κ3) is 4.57. The lowest BCUT2D eigenvalue weighted by Gasteiger charge is -2.18. The molecule has 11 heteroatoms. The lowest BCUT2D eigenvalue weighted by molar-refractivity contribution is 0.102. The summed E-state index contributed by atoms with van der Waals surface area (Å²) in [7, 11) is 0. The van der Waals surface area contributed by atoms with Crippen LogP contribution in [0.25, 0.3) is 10.9 Å². The number of benzene rings is 2. The van der Waals surface area contributed by atoms with E-state index in [9.17, 15) is 13.6 Å². The SMILES string of the molecule is Cc1c(F)c(NC(=O)c2cccnc2Nc2ccc3cn[nH]c3c2)c(F)c(OCC2CCCN2)c1F. The number of pyridine rings is 1. The van der Waals surface area contributed by atoms with Crippen LogP contribution in [0.4, 0.5) is 30.4 Å². The molecule has 0 aliphatic carbocycles. The molecule has 1 unspecified atom stereocenters. The number of H-pyrrole nitrogens is 1. The summed E-state index contributed by atoms with van der Waals surface area (Å²) in [6.45, 7) is 1.96. The Bertz CT molecular complexity index is 1440. The molecule has 2 aromatic carbocycles. The Morgan fingerprint density at radius 3 is 2.86 bits per heavy atom. The first-order valence-corrected chi connectivity index (χ1v) is 11.4. The van der Waals surface area contributed by atoms with Gasteiger partial charge in [0.1, 0.15) is 18.1 Å². The van der Waals surface area contributed by atoms with Gasteiger partial charge in [0.05, 0.1) is 17.3 Å². The van der Waals surface area contributed by atoms with E-state index >= 15 is 4.39 Å². The monoisotopic (exact) mass is 496 g/mol. The number of hydrogen-bond acceptors (Lipinski definition) is 6. The van der Waals surface area contributed by atoms with Crippen molar-refractivity contribution in [2.24, 2.45) is 0 Å². The second kappa shape index (κ2) is 9.86. The number of aromatic nitrogens is 3. The number of carbonyl (C=O) groups is 1. The zero-order valence-corrected chi connectivity index (χ0v) is 19.3. The average Bonchev–Trinajstić information content (AvgIpc) is 3.57. The number of amides is 1. The van der Waals surface area contributed by atoms with E-state index in [4.69, 9.17) is 4.74 Å². The summed E-state index contributed by atoms with van der Waals surface area (Å²) in [5.74, 6) is -5.07. The van der Waals surface area contributed by atoms with Gasteiger partial charge in [-0.2, -0.15) is 5.10 Å². The Balaban J connectivity index is 1.41. The highest BCUT2D eigenvalue weighted by Crippen LogP contribution is 2.35. The number of fused-ring (bicyclic) bond motifs is 1. The van der Waals surface area contributed by atoms with Gasteiger partial charge >= 0.3 is 0 Å². The number of halogens is 3. The molecule has 2 aromatic heterocycles. The van der Waals surface area contributed by atoms with E-state index in [0.29, 0.717) is 5.69 Å². The molecule has 186 valence electrons. The summed E-state index contributed by atoms with van der Waals surface area (Å²) >= 11 is 0. The molecule has 1 aliphatic rings. The van der Waals surface area contributed by atoms with E-state index in [1.165, 1.54) is 18.3 Å². The van der Waals surface area contributed by atoms with Crippen molar-refractivity contribution in [2.45, 2.75) is 25.8 Å². The first-order valence-electron chi connectivity index (χ1n) is 11.4. The molecular formula is C25H23F3N6O2. The van der Waals surface area contributed by atoms with Crippen LogP contribution in [0.3, 0.4) is 0 Å². The lowest BCUT2D eigenvalue weighted by Crippen LogP contribution is -2.28. The second-order valence-electron chi connectivity index (χ2n) is 8.53. The number of anilines is 3. The van der Waals surface area contributed by atoms with Crippen molar-refractivity contribution in [1.82, 2.24) is 20.5 Å². The molecule has 1 saturated heterocycles. The van der Waals surface area contributed by atoms with Crippen molar-refractivity contribution in [3.8, 4) is 5.75 Å². The van der Waals surface area contributed by atoms with E-state index in [0.717, 1.165) is 37.2 Å². The Kier molecular flexibility index (Phi) is 6.47. The fourth-order valence-electron chi connectivity index (χ4n) is 4.10. The van der Waals surface area contributed by atoms with Crippen molar-refractivity contribution in [3.05, 3.63) is 71.3 Å². The van der Waals surface area contributed by atoms with Crippen molar-refractivity contribution in [1.29, 1.82) is 0 Å². The molecule has 0 saturated carbocycles. The predicted molar refractivity (Wildman–Crippen MR) is 129 cm³/mol. The van der Waals surface area contributed by atoms with E-state index in [1.807, 2.05) is 6.07 Å². The highest BCUT2D eigenvalue weighted by atomic mass is 19.1. The van der Waals surface area contributed by atoms with Gasteiger partial charge < -0.3 is 20.7 Å². The second-order valence-corrected chi connectivity index (χ2v) is 8.53. The van der Waals surface area contributed by atoms with Crippen LogP contribution in [-0.4, -0.2) is 40.3 Å². The minimum Gasteiger partial charge on any atom is -0.486 e. The van der Waals surface area contributed by atoms with Gasteiger partial charge in [-0.15, -0.1) is 0 Å². The normalized spacial score (nSPS) is 15.3. The highest BCUT2D eigenvalue weighted by Gasteiger charge is 2.27. The number of ether oxygens (including phenoxy) is 1. The van der Waals surface area contributed by atoms with E-state index in [-0.39, 0.29) is 24.0 Å². The molecular weight excluding hydrogens is 473 g/mol. The third-order valence-electron chi connectivity index (χ3n) is 6.08. The van der Waals surface area contributed by atoms with Gasteiger partial charge in [-0.25, -0.2) is 18.2 Å². The van der Waals surface area contributed by atoms with Crippen LogP contribution in [0.15, 0.2) is 42.7 Å². The first kappa shape index (κ1) is 23.6. The summed E-state index contributed by atoms with van der Waals surface area (Å²) in [6.07, 6.45) is 4.88. The summed E-state index contributed by atoms with van der Waals surface area (Å²) in [4.78, 5) is 17.3. The number of aromatic amines is 1. The van der Waals surface area contributed by atoms with Crippen LogP contribution in [0.1, 0.15) is 28.8 Å². The molecule has 1 fully saturated rings. The summed E-state index contributed by atoms with van der Waals surface area (Å²) < 4.78 is 50.1. The molecule has 0 radical (unpaired) electrons. The van der Waals surface area contributed by atoms with Crippen LogP contribution in [-0.2, 0) is 0 Å². The Labute approximate surface area is 204 Å². The Hall–Kier alpha value is -4.12. The van der Waals surface area contributed by atoms with Crippen LogP contribution in [0.2, 0.25) is 0 Å². The zero-order chi connectivity index (χ0) is 25.2. The van der Waals surface area contributed by atoms with Gasteiger partial charge in [0.15, 0.2) is 23.2 Å². The average molecular weight is 496 g/mol. The Morgan fingerprint density at radius 1 is 1.19 bits per heavy atom. The number of nitrogens with zero attached hydrogens (tertiary/aromatic N) is 2. The van der Waals surface area contributed by atoms with Crippen molar-refractivity contribution < 1.29 is 22.7 Å². The molecule has 8 nitrogen and oxygen atoms in total. The van der Waals surface area contributed by atoms with E-state index in [2.05, 4.69) is 31.1 Å². The molecule has 1 aliphatic heterocycles. The minimum absolute atomic E-state index is 0.0175. The van der Waals surface area contributed by atoms with Gasteiger partial charge in [-0.1, -0.05) is 0 Å². The molecule has 1 amide bonds. The summed E-state index contributed by atoms with van der Waals surface area (Å²) in [5, 5.41) is 16.2. The third-order valence-corrected chi connectivity index (χ3v) is 6.08.